The summed E-state index contributed by atoms with van der Waals surface area (Å²) in [6, 6.07) is 18.3. The molecule has 2 aliphatic rings. The molecule has 3 aromatic rings. The first-order valence-electron chi connectivity index (χ1n) is 16.1. The molecule has 6 nitrogen and oxygen atoms in total. The van der Waals surface area contributed by atoms with Crippen LogP contribution in [0, 0.1) is 17.6 Å². The second-order valence-corrected chi connectivity index (χ2v) is 14.5. The van der Waals surface area contributed by atoms with Crippen molar-refractivity contribution in [2.45, 2.75) is 68.2 Å². The van der Waals surface area contributed by atoms with E-state index in [0.29, 0.717) is 56.2 Å². The summed E-state index contributed by atoms with van der Waals surface area (Å²) >= 11 is 5.98. The molecule has 10 heteroatoms. The number of halogens is 3. The summed E-state index contributed by atoms with van der Waals surface area (Å²) in [6.45, 7) is 3.69. The van der Waals surface area contributed by atoms with Crippen molar-refractivity contribution in [3.8, 4) is 0 Å². The Balaban J connectivity index is 1.23. The number of hydrogen-bond donors (Lipinski definition) is 2. The van der Waals surface area contributed by atoms with Gasteiger partial charge in [0.25, 0.3) is 0 Å². The van der Waals surface area contributed by atoms with Crippen molar-refractivity contribution in [2.24, 2.45) is 5.92 Å². The molecule has 0 amide bonds. The topological polar surface area (TPSA) is 70.7 Å². The third-order valence-corrected chi connectivity index (χ3v) is 11.5. The third-order valence-electron chi connectivity index (χ3n) is 9.22. The Labute approximate surface area is 271 Å². The van der Waals surface area contributed by atoms with Gasteiger partial charge in [0, 0.05) is 56.7 Å². The quantitative estimate of drug-likeness (QED) is 0.189. The fraction of sp³-hybridized carbons (Fsp3) is 0.486. The summed E-state index contributed by atoms with van der Waals surface area (Å²) in [5.41, 5.74) is 2.18. The van der Waals surface area contributed by atoms with Crippen LogP contribution in [0.15, 0.2) is 71.6 Å². The van der Waals surface area contributed by atoms with Crippen molar-refractivity contribution >= 4 is 27.3 Å². The van der Waals surface area contributed by atoms with Gasteiger partial charge in [0.15, 0.2) is 0 Å². The molecule has 0 saturated carbocycles. The zero-order valence-corrected chi connectivity index (χ0v) is 27.3. The molecule has 244 valence electrons. The number of benzene rings is 3. The van der Waals surface area contributed by atoms with Crippen LogP contribution in [-0.4, -0.2) is 58.2 Å². The van der Waals surface area contributed by atoms with E-state index in [0.717, 1.165) is 57.3 Å². The molecule has 5 rings (SSSR count). The number of ether oxygens (including phenoxy) is 1. The van der Waals surface area contributed by atoms with Gasteiger partial charge >= 0.3 is 0 Å². The van der Waals surface area contributed by atoms with Gasteiger partial charge < -0.3 is 15.4 Å². The third kappa shape index (κ3) is 9.04. The highest BCUT2D eigenvalue weighted by molar-refractivity contribution is 7.89. The summed E-state index contributed by atoms with van der Waals surface area (Å²) in [5, 5.41) is 6.87. The molecule has 45 heavy (non-hydrogen) atoms. The van der Waals surface area contributed by atoms with Gasteiger partial charge in [0.1, 0.15) is 11.6 Å². The second kappa shape index (κ2) is 16.3. The molecule has 2 fully saturated rings. The highest BCUT2D eigenvalue weighted by Crippen LogP contribution is 2.32. The maximum atomic E-state index is 15.2. The Bertz CT molecular complexity index is 1490. The smallest absolute Gasteiger partial charge is 0.243 e. The fourth-order valence-electron chi connectivity index (χ4n) is 6.64. The number of nitrogens with zero attached hydrogens (tertiary/aromatic N) is 1. The number of nitrogens with one attached hydrogen (secondary N) is 2. The Morgan fingerprint density at radius 2 is 1.78 bits per heavy atom. The lowest BCUT2D eigenvalue weighted by Gasteiger charge is -2.35. The minimum Gasteiger partial charge on any atom is -0.385 e. The minimum atomic E-state index is -3.66. The SMILES string of the molecule is O=S(=O)(c1ccccc1)N1CCNCC1CCc1c(F)cccc1NCCC(CCCC1CCOCC1)c1ccc(Cl)c(F)c1. The Hall–Kier alpha value is -2.56. The molecule has 2 heterocycles. The minimum absolute atomic E-state index is 0.116. The first-order valence-corrected chi connectivity index (χ1v) is 18.0. The van der Waals surface area contributed by atoms with Crippen molar-refractivity contribution in [2.75, 3.05) is 44.7 Å². The Morgan fingerprint density at radius 3 is 2.56 bits per heavy atom. The van der Waals surface area contributed by atoms with E-state index in [2.05, 4.69) is 10.6 Å². The van der Waals surface area contributed by atoms with Crippen molar-refractivity contribution in [1.82, 2.24) is 9.62 Å². The summed E-state index contributed by atoms with van der Waals surface area (Å²) in [5.74, 6) is 0.0806. The van der Waals surface area contributed by atoms with Gasteiger partial charge in [-0.15, -0.1) is 0 Å². The highest BCUT2D eigenvalue weighted by atomic mass is 35.5. The van der Waals surface area contributed by atoms with E-state index in [1.54, 1.807) is 52.8 Å². The van der Waals surface area contributed by atoms with Crippen LogP contribution in [0.5, 0.6) is 0 Å². The summed E-state index contributed by atoms with van der Waals surface area (Å²) in [4.78, 5) is 0.271. The Kier molecular flexibility index (Phi) is 12.3. The van der Waals surface area contributed by atoms with Gasteiger partial charge in [-0.25, -0.2) is 17.2 Å². The second-order valence-electron chi connectivity index (χ2n) is 12.2. The summed E-state index contributed by atoms with van der Waals surface area (Å²) in [7, 11) is -3.66. The zero-order chi connectivity index (χ0) is 31.6. The summed E-state index contributed by atoms with van der Waals surface area (Å²) in [6.07, 6.45) is 6.91. The molecule has 0 aromatic heterocycles. The van der Waals surface area contributed by atoms with E-state index in [1.165, 1.54) is 6.07 Å². The lowest BCUT2D eigenvalue weighted by atomic mass is 9.87. The first kappa shape index (κ1) is 33.8. The van der Waals surface area contributed by atoms with Gasteiger partial charge in [-0.05, 0) is 92.3 Å². The normalized spacial score (nSPS) is 19.0. The molecular formula is C35H44ClF2N3O3S. The molecule has 0 aliphatic carbocycles. The molecule has 2 unspecified atom stereocenters. The number of piperazine rings is 1. The molecule has 2 aliphatic heterocycles. The standard InChI is InChI=1S/C35H44ClF2N3O3S/c36-32-15-12-28(24-34(32)38)27(7-4-6-26-17-22-44-23-18-26)16-19-40-35-11-5-10-33(37)31(35)14-13-29-25-39-20-21-41(29)45(42,43)30-8-2-1-3-9-30/h1-3,5,8-12,15,24,26-27,29,39-40H,4,6-7,13-14,16-23,25H2. The van der Waals surface area contributed by atoms with Crippen LogP contribution in [0.3, 0.4) is 0 Å². The van der Waals surface area contributed by atoms with Gasteiger partial charge in [-0.2, -0.15) is 4.31 Å². The van der Waals surface area contributed by atoms with Crippen molar-refractivity contribution in [3.63, 3.8) is 0 Å². The fourth-order valence-corrected chi connectivity index (χ4v) is 8.43. The number of sulfonamides is 1. The molecular weight excluding hydrogens is 616 g/mol. The van der Waals surface area contributed by atoms with Crippen LogP contribution >= 0.6 is 11.6 Å². The van der Waals surface area contributed by atoms with E-state index in [9.17, 15) is 12.8 Å². The highest BCUT2D eigenvalue weighted by Gasteiger charge is 2.33. The average Bonchev–Trinajstić information content (AvgIpc) is 3.06. The predicted octanol–water partition coefficient (Wildman–Crippen LogP) is 7.40. The van der Waals surface area contributed by atoms with Crippen molar-refractivity contribution < 1.29 is 21.9 Å². The largest absolute Gasteiger partial charge is 0.385 e. The van der Waals surface area contributed by atoms with Crippen molar-refractivity contribution in [1.29, 1.82) is 0 Å². The molecule has 2 saturated heterocycles. The van der Waals surface area contributed by atoms with Gasteiger partial charge in [-0.1, -0.05) is 54.8 Å². The first-order chi connectivity index (χ1) is 21.8. The predicted molar refractivity (Wildman–Crippen MR) is 176 cm³/mol. The van der Waals surface area contributed by atoms with Crippen LogP contribution in [0.2, 0.25) is 5.02 Å². The average molecular weight is 660 g/mol. The van der Waals surface area contributed by atoms with E-state index in [-0.39, 0.29) is 27.7 Å². The Morgan fingerprint density at radius 1 is 0.978 bits per heavy atom. The van der Waals surface area contributed by atoms with E-state index in [4.69, 9.17) is 16.3 Å². The van der Waals surface area contributed by atoms with Crippen molar-refractivity contribution in [3.05, 3.63) is 94.5 Å². The number of hydrogen-bond acceptors (Lipinski definition) is 5. The van der Waals surface area contributed by atoms with Crippen LogP contribution in [-0.2, 0) is 21.2 Å². The molecule has 0 bridgehead atoms. The van der Waals surface area contributed by atoms with E-state index >= 15 is 4.39 Å². The van der Waals surface area contributed by atoms with Crippen LogP contribution in [0.1, 0.15) is 62.0 Å². The van der Waals surface area contributed by atoms with Crippen LogP contribution in [0.25, 0.3) is 0 Å². The van der Waals surface area contributed by atoms with Gasteiger partial charge in [0.2, 0.25) is 10.0 Å². The summed E-state index contributed by atoms with van der Waals surface area (Å²) < 4.78 is 63.6. The number of anilines is 1. The molecule has 0 spiro atoms. The van der Waals surface area contributed by atoms with Gasteiger partial charge in [-0.3, -0.25) is 0 Å². The zero-order valence-electron chi connectivity index (χ0n) is 25.7. The molecule has 0 radical (unpaired) electrons. The van der Waals surface area contributed by atoms with E-state index < -0.39 is 15.8 Å². The van der Waals surface area contributed by atoms with E-state index in [1.807, 2.05) is 12.1 Å². The maximum Gasteiger partial charge on any atom is 0.243 e. The maximum absolute atomic E-state index is 15.2. The lowest BCUT2D eigenvalue weighted by Crippen LogP contribution is -2.53. The van der Waals surface area contributed by atoms with Gasteiger partial charge in [0.05, 0.1) is 9.92 Å². The van der Waals surface area contributed by atoms with Crippen LogP contribution in [0.4, 0.5) is 14.5 Å². The molecule has 2 N–H and O–H groups in total. The lowest BCUT2D eigenvalue weighted by molar-refractivity contribution is 0.0630. The monoisotopic (exact) mass is 659 g/mol. The van der Waals surface area contributed by atoms with Crippen LogP contribution < -0.4 is 10.6 Å². The number of rotatable bonds is 14. The molecule has 3 aromatic carbocycles. The molecule has 2 atom stereocenters.